The van der Waals surface area contributed by atoms with Crippen molar-refractivity contribution in [3.05, 3.63) is 72.2 Å². The van der Waals surface area contributed by atoms with Gasteiger partial charge in [-0.2, -0.15) is 5.10 Å². The Morgan fingerprint density at radius 2 is 1.64 bits per heavy atom. The number of piperidine rings is 1. The van der Waals surface area contributed by atoms with E-state index in [-0.39, 0.29) is 5.25 Å². The SMILES string of the molecule is O=S(=O)(c1ccc(Nc2ncc(C=Cc3ccc4[nH]ncc4c3)cn2)cc1)C1CCNCC1. The topological polar surface area (TPSA) is 113 Å². The molecule has 3 N–H and O–H groups in total. The normalized spacial score (nSPS) is 15.3. The van der Waals surface area contributed by atoms with Crippen LogP contribution in [0.15, 0.2) is 66.0 Å². The van der Waals surface area contributed by atoms with E-state index < -0.39 is 9.84 Å². The number of rotatable bonds is 6. The quantitative estimate of drug-likeness (QED) is 0.401. The summed E-state index contributed by atoms with van der Waals surface area (Å²) in [5.41, 5.74) is 3.67. The van der Waals surface area contributed by atoms with Crippen LogP contribution < -0.4 is 10.6 Å². The van der Waals surface area contributed by atoms with Crippen LogP contribution in [0.3, 0.4) is 0 Å². The molecule has 9 heteroatoms. The van der Waals surface area contributed by atoms with E-state index in [2.05, 4.69) is 36.9 Å². The Balaban J connectivity index is 1.23. The Morgan fingerprint density at radius 1 is 0.909 bits per heavy atom. The second-order valence-corrected chi connectivity index (χ2v) is 10.3. The van der Waals surface area contributed by atoms with Gasteiger partial charge in [0.05, 0.1) is 21.9 Å². The molecule has 1 saturated heterocycles. The molecule has 0 atom stereocenters. The molecule has 3 heterocycles. The molecule has 2 aromatic heterocycles. The zero-order valence-electron chi connectivity index (χ0n) is 17.9. The van der Waals surface area contributed by atoms with Crippen LogP contribution in [-0.2, 0) is 9.84 Å². The van der Waals surface area contributed by atoms with Crippen molar-refractivity contribution in [1.29, 1.82) is 0 Å². The summed E-state index contributed by atoms with van der Waals surface area (Å²) >= 11 is 0. The lowest BCUT2D eigenvalue weighted by molar-refractivity contribution is 0.496. The minimum absolute atomic E-state index is 0.317. The van der Waals surface area contributed by atoms with E-state index in [1.807, 2.05) is 24.3 Å². The number of aromatic nitrogens is 4. The lowest BCUT2D eigenvalue weighted by atomic mass is 10.1. The summed E-state index contributed by atoms with van der Waals surface area (Å²) in [6.45, 7) is 1.48. The van der Waals surface area contributed by atoms with Gasteiger partial charge >= 0.3 is 0 Å². The number of H-pyrrole nitrogens is 1. The third kappa shape index (κ3) is 4.79. The van der Waals surface area contributed by atoms with E-state index in [4.69, 9.17) is 0 Å². The maximum atomic E-state index is 12.8. The van der Waals surface area contributed by atoms with Crippen LogP contribution in [0, 0.1) is 0 Å². The fourth-order valence-electron chi connectivity index (χ4n) is 3.90. The summed E-state index contributed by atoms with van der Waals surface area (Å²) in [7, 11) is -3.31. The molecule has 0 bridgehead atoms. The zero-order chi connectivity index (χ0) is 22.7. The molecule has 0 unspecified atom stereocenters. The van der Waals surface area contributed by atoms with Gasteiger partial charge in [-0.3, -0.25) is 5.10 Å². The van der Waals surface area contributed by atoms with Crippen molar-refractivity contribution in [2.45, 2.75) is 23.0 Å². The summed E-state index contributed by atoms with van der Waals surface area (Å²) in [4.78, 5) is 9.07. The first kappa shape index (κ1) is 21.3. The number of anilines is 2. The molecule has 0 amide bonds. The Morgan fingerprint density at radius 3 is 2.39 bits per heavy atom. The molecular formula is C24H24N6O2S. The molecule has 1 aliphatic rings. The standard InChI is InChI=1S/C24H24N6O2S/c31-33(32,22-9-11-25-12-10-22)21-6-4-20(5-7-21)29-24-26-14-18(15-27-24)2-1-17-3-8-23-19(13-17)16-28-30-23/h1-8,13-16,22,25H,9-12H2,(H,28,30)(H,26,27,29). The Kier molecular flexibility index (Phi) is 5.89. The molecular weight excluding hydrogens is 436 g/mol. The van der Waals surface area contributed by atoms with Gasteiger partial charge in [-0.1, -0.05) is 18.2 Å². The molecule has 33 heavy (non-hydrogen) atoms. The minimum atomic E-state index is -3.31. The van der Waals surface area contributed by atoms with Crippen molar-refractivity contribution < 1.29 is 8.42 Å². The molecule has 5 rings (SSSR count). The molecule has 0 aliphatic carbocycles. The number of nitrogens with zero attached hydrogens (tertiary/aromatic N) is 3. The van der Waals surface area contributed by atoms with E-state index in [1.165, 1.54) is 0 Å². The van der Waals surface area contributed by atoms with Gasteiger partial charge in [0.2, 0.25) is 5.95 Å². The first-order valence-corrected chi connectivity index (χ1v) is 12.4. The van der Waals surface area contributed by atoms with Gasteiger partial charge in [0.1, 0.15) is 0 Å². The summed E-state index contributed by atoms with van der Waals surface area (Å²) in [6.07, 6.45) is 10.5. The molecule has 8 nitrogen and oxygen atoms in total. The van der Waals surface area contributed by atoms with Crippen molar-refractivity contribution in [2.24, 2.45) is 0 Å². The number of benzene rings is 2. The van der Waals surface area contributed by atoms with Crippen molar-refractivity contribution in [3.8, 4) is 0 Å². The van der Waals surface area contributed by atoms with Crippen molar-refractivity contribution >= 4 is 44.5 Å². The van der Waals surface area contributed by atoms with Gasteiger partial charge < -0.3 is 10.6 Å². The highest BCUT2D eigenvalue weighted by atomic mass is 32.2. The van der Waals surface area contributed by atoms with E-state index in [9.17, 15) is 8.42 Å². The third-order valence-corrected chi connectivity index (χ3v) is 8.05. The van der Waals surface area contributed by atoms with Crippen molar-refractivity contribution in [2.75, 3.05) is 18.4 Å². The van der Waals surface area contributed by atoms with Gasteiger partial charge in [-0.05, 0) is 67.9 Å². The van der Waals surface area contributed by atoms with E-state index in [0.29, 0.717) is 23.7 Å². The molecule has 1 aliphatic heterocycles. The fraction of sp³-hybridized carbons (Fsp3) is 0.208. The average molecular weight is 461 g/mol. The number of hydrogen-bond donors (Lipinski definition) is 3. The van der Waals surface area contributed by atoms with Crippen LogP contribution in [-0.4, -0.2) is 46.9 Å². The molecule has 0 radical (unpaired) electrons. The molecule has 1 fully saturated rings. The monoisotopic (exact) mass is 460 g/mol. The van der Waals surface area contributed by atoms with E-state index in [1.54, 1.807) is 42.9 Å². The zero-order valence-corrected chi connectivity index (χ0v) is 18.7. The highest BCUT2D eigenvalue weighted by Crippen LogP contribution is 2.24. The van der Waals surface area contributed by atoms with Crippen molar-refractivity contribution in [1.82, 2.24) is 25.5 Å². The van der Waals surface area contributed by atoms with Gasteiger partial charge in [0.25, 0.3) is 0 Å². The maximum Gasteiger partial charge on any atom is 0.227 e. The molecule has 4 aromatic rings. The molecule has 168 valence electrons. The van der Waals surface area contributed by atoms with E-state index in [0.717, 1.165) is 40.8 Å². The molecule has 0 spiro atoms. The lowest BCUT2D eigenvalue weighted by Crippen LogP contribution is -2.35. The van der Waals surface area contributed by atoms with Crippen LogP contribution in [0.1, 0.15) is 24.0 Å². The highest BCUT2D eigenvalue weighted by Gasteiger charge is 2.28. The number of nitrogens with one attached hydrogen (secondary N) is 3. The van der Waals surface area contributed by atoms with Gasteiger partial charge in [-0.25, -0.2) is 18.4 Å². The van der Waals surface area contributed by atoms with E-state index >= 15 is 0 Å². The predicted molar refractivity (Wildman–Crippen MR) is 130 cm³/mol. The second-order valence-electron chi connectivity index (χ2n) is 8.03. The van der Waals surface area contributed by atoms with Crippen LogP contribution >= 0.6 is 0 Å². The predicted octanol–water partition coefficient (Wildman–Crippen LogP) is 3.79. The lowest BCUT2D eigenvalue weighted by Gasteiger charge is -2.22. The smallest absolute Gasteiger partial charge is 0.227 e. The summed E-state index contributed by atoms with van der Waals surface area (Å²) in [5.74, 6) is 0.445. The number of fused-ring (bicyclic) bond motifs is 1. The molecule has 2 aromatic carbocycles. The summed E-state index contributed by atoms with van der Waals surface area (Å²) in [5, 5.41) is 14.0. The van der Waals surface area contributed by atoms with Crippen LogP contribution in [0.2, 0.25) is 0 Å². The van der Waals surface area contributed by atoms with Gasteiger partial charge in [0, 0.05) is 29.0 Å². The fourth-order valence-corrected chi connectivity index (χ4v) is 5.66. The largest absolute Gasteiger partial charge is 0.324 e. The Hall–Kier alpha value is -3.56. The number of hydrogen-bond acceptors (Lipinski definition) is 7. The number of sulfone groups is 1. The van der Waals surface area contributed by atoms with Crippen molar-refractivity contribution in [3.63, 3.8) is 0 Å². The first-order valence-electron chi connectivity index (χ1n) is 10.8. The maximum absolute atomic E-state index is 12.8. The molecule has 0 saturated carbocycles. The highest BCUT2D eigenvalue weighted by molar-refractivity contribution is 7.92. The Labute approximate surface area is 192 Å². The Bertz CT molecular complexity index is 1370. The van der Waals surface area contributed by atoms with Gasteiger partial charge in [0.15, 0.2) is 9.84 Å². The second kappa shape index (κ2) is 9.13. The van der Waals surface area contributed by atoms with Crippen LogP contribution in [0.4, 0.5) is 11.6 Å². The summed E-state index contributed by atoms with van der Waals surface area (Å²) in [6, 6.07) is 12.9. The third-order valence-electron chi connectivity index (χ3n) is 5.77. The first-order chi connectivity index (χ1) is 16.1. The minimum Gasteiger partial charge on any atom is -0.324 e. The van der Waals surface area contributed by atoms with Gasteiger partial charge in [-0.15, -0.1) is 0 Å². The number of aromatic amines is 1. The summed E-state index contributed by atoms with van der Waals surface area (Å²) < 4.78 is 25.7. The average Bonchev–Trinajstić information content (AvgIpc) is 3.33. The van der Waals surface area contributed by atoms with Crippen LogP contribution in [0.25, 0.3) is 23.1 Å². The van der Waals surface area contributed by atoms with Crippen LogP contribution in [0.5, 0.6) is 0 Å².